The molecule has 0 radical (unpaired) electrons. The molecule has 1 heterocycles. The Morgan fingerprint density at radius 2 is 1.68 bits per heavy atom. The average Bonchev–Trinajstić information content (AvgIpc) is 3.13. The number of thiophene rings is 1. The van der Waals surface area contributed by atoms with Crippen LogP contribution >= 0.6 is 11.3 Å². The zero-order chi connectivity index (χ0) is 20.4. The molecule has 3 aromatic rings. The van der Waals surface area contributed by atoms with Crippen LogP contribution in [-0.2, 0) is 0 Å². The molecule has 2 aromatic carbocycles. The Balaban J connectivity index is 1.98. The van der Waals surface area contributed by atoms with Gasteiger partial charge in [0.05, 0.1) is 10.6 Å². The SMILES string of the molecule is Cc1ccc(C(=O)N(C)c2cc(-c3ccc([N+](=O)[O-])cc3)sc2C(=O)O)cc1. The maximum Gasteiger partial charge on any atom is 0.348 e. The van der Waals surface area contributed by atoms with Crippen LogP contribution in [0.4, 0.5) is 11.4 Å². The number of hydrogen-bond acceptors (Lipinski definition) is 5. The Morgan fingerprint density at radius 1 is 1.07 bits per heavy atom. The number of nitro benzene ring substituents is 1. The van der Waals surface area contributed by atoms with Gasteiger partial charge in [0.2, 0.25) is 0 Å². The minimum Gasteiger partial charge on any atom is -0.477 e. The van der Waals surface area contributed by atoms with Gasteiger partial charge in [0.25, 0.3) is 11.6 Å². The number of nitrogens with zero attached hydrogens (tertiary/aromatic N) is 2. The number of carboxylic acid groups (broad SMARTS) is 1. The maximum atomic E-state index is 12.8. The molecule has 0 unspecified atom stereocenters. The summed E-state index contributed by atoms with van der Waals surface area (Å²) in [5, 5.41) is 20.4. The molecule has 142 valence electrons. The molecule has 0 atom stereocenters. The van der Waals surface area contributed by atoms with Crippen LogP contribution < -0.4 is 4.90 Å². The number of aromatic carboxylic acids is 1. The van der Waals surface area contributed by atoms with Crippen molar-refractivity contribution in [1.82, 2.24) is 0 Å². The highest BCUT2D eigenvalue weighted by Crippen LogP contribution is 2.37. The Morgan fingerprint density at radius 3 is 2.21 bits per heavy atom. The summed E-state index contributed by atoms with van der Waals surface area (Å²) in [5.41, 5.74) is 2.33. The monoisotopic (exact) mass is 396 g/mol. The van der Waals surface area contributed by atoms with Gasteiger partial charge in [0, 0.05) is 29.6 Å². The van der Waals surface area contributed by atoms with Crippen molar-refractivity contribution in [3.05, 3.63) is 80.7 Å². The van der Waals surface area contributed by atoms with Gasteiger partial charge in [-0.2, -0.15) is 0 Å². The molecule has 1 aromatic heterocycles. The van der Waals surface area contributed by atoms with Crippen LogP contribution in [0.5, 0.6) is 0 Å². The number of benzene rings is 2. The lowest BCUT2D eigenvalue weighted by atomic mass is 10.1. The summed E-state index contributed by atoms with van der Waals surface area (Å²) in [5.74, 6) is -1.47. The van der Waals surface area contributed by atoms with Crippen LogP contribution in [0.3, 0.4) is 0 Å². The van der Waals surface area contributed by atoms with Crippen LogP contribution in [0.15, 0.2) is 54.6 Å². The fourth-order valence-corrected chi connectivity index (χ4v) is 3.70. The fraction of sp³-hybridized carbons (Fsp3) is 0.100. The molecule has 28 heavy (non-hydrogen) atoms. The van der Waals surface area contributed by atoms with E-state index in [1.54, 1.807) is 30.3 Å². The molecule has 7 nitrogen and oxygen atoms in total. The summed E-state index contributed by atoms with van der Waals surface area (Å²) in [6, 6.07) is 14.5. The molecule has 0 fully saturated rings. The molecule has 0 spiro atoms. The Bertz CT molecular complexity index is 1060. The lowest BCUT2D eigenvalue weighted by Crippen LogP contribution is -2.27. The number of non-ortho nitro benzene ring substituents is 1. The number of hydrogen-bond donors (Lipinski definition) is 1. The first kappa shape index (κ1) is 19.2. The van der Waals surface area contributed by atoms with Gasteiger partial charge >= 0.3 is 5.97 Å². The van der Waals surface area contributed by atoms with Crippen LogP contribution in [-0.4, -0.2) is 29.0 Å². The van der Waals surface area contributed by atoms with Gasteiger partial charge in [-0.05, 0) is 42.8 Å². The van der Waals surface area contributed by atoms with Crippen molar-refractivity contribution in [2.24, 2.45) is 0 Å². The summed E-state index contributed by atoms with van der Waals surface area (Å²) >= 11 is 1.02. The third kappa shape index (κ3) is 3.77. The summed E-state index contributed by atoms with van der Waals surface area (Å²) in [6.45, 7) is 1.91. The van der Waals surface area contributed by atoms with Gasteiger partial charge in [-0.25, -0.2) is 4.79 Å². The predicted molar refractivity (Wildman–Crippen MR) is 107 cm³/mol. The lowest BCUT2D eigenvalue weighted by molar-refractivity contribution is -0.384. The van der Waals surface area contributed by atoms with E-state index in [1.807, 2.05) is 19.1 Å². The van der Waals surface area contributed by atoms with E-state index in [0.29, 0.717) is 16.0 Å². The van der Waals surface area contributed by atoms with E-state index in [1.165, 1.54) is 24.1 Å². The van der Waals surface area contributed by atoms with Gasteiger partial charge in [0.15, 0.2) is 0 Å². The Labute approximate surface area is 164 Å². The van der Waals surface area contributed by atoms with E-state index in [4.69, 9.17) is 0 Å². The van der Waals surface area contributed by atoms with Gasteiger partial charge in [-0.1, -0.05) is 17.7 Å². The molecule has 0 aliphatic carbocycles. The highest BCUT2D eigenvalue weighted by molar-refractivity contribution is 7.18. The molecule has 8 heteroatoms. The lowest BCUT2D eigenvalue weighted by Gasteiger charge is -2.17. The van der Waals surface area contributed by atoms with Crippen LogP contribution in [0, 0.1) is 17.0 Å². The molecule has 0 saturated heterocycles. The summed E-state index contributed by atoms with van der Waals surface area (Å²) < 4.78 is 0. The number of carbonyl (C=O) groups excluding carboxylic acids is 1. The van der Waals surface area contributed by atoms with Crippen molar-refractivity contribution in [2.45, 2.75) is 6.92 Å². The number of amides is 1. The molecule has 1 N–H and O–H groups in total. The van der Waals surface area contributed by atoms with Crippen LogP contribution in [0.25, 0.3) is 10.4 Å². The van der Waals surface area contributed by atoms with Crippen molar-refractivity contribution in [3.8, 4) is 10.4 Å². The topological polar surface area (TPSA) is 101 Å². The second-order valence-electron chi connectivity index (χ2n) is 6.16. The summed E-state index contributed by atoms with van der Waals surface area (Å²) in [7, 11) is 1.52. The van der Waals surface area contributed by atoms with Gasteiger partial charge in [0.1, 0.15) is 4.88 Å². The third-order valence-corrected chi connectivity index (χ3v) is 5.40. The highest BCUT2D eigenvalue weighted by atomic mass is 32.1. The van der Waals surface area contributed by atoms with E-state index < -0.39 is 10.9 Å². The van der Waals surface area contributed by atoms with E-state index in [2.05, 4.69) is 0 Å². The van der Waals surface area contributed by atoms with Crippen molar-refractivity contribution in [3.63, 3.8) is 0 Å². The van der Waals surface area contributed by atoms with Gasteiger partial charge in [-0.15, -0.1) is 11.3 Å². The third-order valence-electron chi connectivity index (χ3n) is 4.23. The van der Waals surface area contributed by atoms with E-state index in [9.17, 15) is 24.8 Å². The molecule has 0 bridgehead atoms. The van der Waals surface area contributed by atoms with Crippen LogP contribution in [0.1, 0.15) is 25.6 Å². The standard InChI is InChI=1S/C20H16N2O5S/c1-12-3-5-14(6-4-12)19(23)21(2)16-11-17(28-18(16)20(24)25)13-7-9-15(10-8-13)22(26)27/h3-11H,1-2H3,(H,24,25). The summed E-state index contributed by atoms with van der Waals surface area (Å²) in [6.07, 6.45) is 0. The van der Waals surface area contributed by atoms with Crippen LogP contribution in [0.2, 0.25) is 0 Å². The first-order valence-electron chi connectivity index (χ1n) is 8.24. The largest absolute Gasteiger partial charge is 0.477 e. The molecule has 0 aliphatic rings. The van der Waals surface area contributed by atoms with Crippen molar-refractivity contribution < 1.29 is 19.6 Å². The zero-order valence-corrected chi connectivity index (χ0v) is 15.9. The van der Waals surface area contributed by atoms with Crippen molar-refractivity contribution >= 4 is 34.6 Å². The second-order valence-corrected chi connectivity index (χ2v) is 7.22. The number of anilines is 1. The normalized spacial score (nSPS) is 10.5. The molecular formula is C20H16N2O5S. The minimum absolute atomic E-state index is 0.0244. The quantitative estimate of drug-likeness (QED) is 0.501. The van der Waals surface area contributed by atoms with E-state index in [0.717, 1.165) is 16.9 Å². The molecule has 1 amide bonds. The summed E-state index contributed by atoms with van der Waals surface area (Å²) in [4.78, 5) is 36.7. The van der Waals surface area contributed by atoms with Crippen molar-refractivity contribution in [1.29, 1.82) is 0 Å². The number of aryl methyl sites for hydroxylation is 1. The Kier molecular flexibility index (Phi) is 5.23. The highest BCUT2D eigenvalue weighted by Gasteiger charge is 2.23. The van der Waals surface area contributed by atoms with E-state index in [-0.39, 0.29) is 22.2 Å². The molecular weight excluding hydrogens is 380 g/mol. The maximum absolute atomic E-state index is 12.8. The Hall–Kier alpha value is -3.52. The zero-order valence-electron chi connectivity index (χ0n) is 15.1. The second kappa shape index (κ2) is 7.61. The molecule has 0 aliphatic heterocycles. The number of carbonyl (C=O) groups is 2. The van der Waals surface area contributed by atoms with Gasteiger partial charge < -0.3 is 10.0 Å². The molecule has 0 saturated carbocycles. The minimum atomic E-state index is -1.14. The number of rotatable bonds is 5. The molecule has 3 rings (SSSR count). The first-order chi connectivity index (χ1) is 13.3. The number of nitro groups is 1. The van der Waals surface area contributed by atoms with Crippen molar-refractivity contribution in [2.75, 3.05) is 11.9 Å². The average molecular weight is 396 g/mol. The van der Waals surface area contributed by atoms with E-state index >= 15 is 0 Å². The predicted octanol–water partition coefficient (Wildman–Crippen LogP) is 4.61. The first-order valence-corrected chi connectivity index (χ1v) is 9.06. The number of carboxylic acids is 1. The fourth-order valence-electron chi connectivity index (χ4n) is 2.67. The van der Waals surface area contributed by atoms with Gasteiger partial charge in [-0.3, -0.25) is 14.9 Å². The smallest absolute Gasteiger partial charge is 0.348 e.